The van der Waals surface area contributed by atoms with Crippen molar-refractivity contribution in [3.63, 3.8) is 0 Å². The molecular weight excluding hydrogens is 268 g/mol. The maximum Gasteiger partial charge on any atom is 0.252 e. The number of nitrogens with zero attached hydrogens (tertiary/aromatic N) is 1. The van der Waals surface area contributed by atoms with Gasteiger partial charge in [-0.1, -0.05) is 11.6 Å². The van der Waals surface area contributed by atoms with Crippen LogP contribution in [0.3, 0.4) is 0 Å². The topological polar surface area (TPSA) is 97.1 Å². The van der Waals surface area contributed by atoms with Gasteiger partial charge >= 0.3 is 0 Å². The van der Waals surface area contributed by atoms with Crippen LogP contribution >= 0.6 is 11.6 Å². The van der Waals surface area contributed by atoms with Crippen LogP contribution in [0.25, 0.3) is 0 Å². The van der Waals surface area contributed by atoms with E-state index >= 15 is 0 Å². The van der Waals surface area contributed by atoms with Crippen molar-refractivity contribution in [1.82, 2.24) is 10.3 Å². The number of carbonyl (C=O) groups is 2. The van der Waals surface area contributed by atoms with E-state index in [1.807, 2.05) is 6.92 Å². The molecule has 0 radical (unpaired) electrons. The van der Waals surface area contributed by atoms with Crippen LogP contribution in [-0.2, 0) is 4.79 Å². The molecule has 0 unspecified atom stereocenters. The van der Waals surface area contributed by atoms with Gasteiger partial charge in [0.1, 0.15) is 5.82 Å². The van der Waals surface area contributed by atoms with Crippen molar-refractivity contribution in [3.8, 4) is 0 Å². The van der Waals surface area contributed by atoms with Gasteiger partial charge in [0.25, 0.3) is 5.91 Å². The molecule has 1 rings (SSSR count). The molecule has 1 aromatic heterocycles. The molecule has 0 bridgehead atoms. The van der Waals surface area contributed by atoms with E-state index in [4.69, 9.17) is 17.3 Å². The van der Waals surface area contributed by atoms with Crippen LogP contribution in [0.1, 0.15) is 30.1 Å². The van der Waals surface area contributed by atoms with Crippen molar-refractivity contribution in [2.75, 3.05) is 18.4 Å². The van der Waals surface area contributed by atoms with Crippen molar-refractivity contribution < 1.29 is 9.59 Å². The number of aromatic nitrogens is 1. The predicted octanol–water partition coefficient (Wildman–Crippen LogP) is 1.16. The molecule has 0 saturated carbocycles. The van der Waals surface area contributed by atoms with Gasteiger partial charge in [0.15, 0.2) is 0 Å². The van der Waals surface area contributed by atoms with Gasteiger partial charge in [0.05, 0.1) is 10.6 Å². The lowest BCUT2D eigenvalue weighted by Gasteiger charge is -2.08. The zero-order valence-corrected chi connectivity index (χ0v) is 11.5. The van der Waals surface area contributed by atoms with E-state index in [9.17, 15) is 9.59 Å². The molecular formula is C12H17ClN4O2. The lowest BCUT2D eigenvalue weighted by atomic mass is 10.2. The molecule has 0 saturated heterocycles. The zero-order valence-electron chi connectivity index (χ0n) is 10.7. The summed E-state index contributed by atoms with van der Waals surface area (Å²) < 4.78 is 0. The second-order valence-corrected chi connectivity index (χ2v) is 4.31. The van der Waals surface area contributed by atoms with Crippen LogP contribution in [0.2, 0.25) is 5.02 Å². The number of nitrogens with one attached hydrogen (secondary N) is 2. The summed E-state index contributed by atoms with van der Waals surface area (Å²) in [6, 6.07) is 1.59. The third kappa shape index (κ3) is 5.13. The number of anilines is 1. The molecule has 0 atom stereocenters. The molecule has 19 heavy (non-hydrogen) atoms. The van der Waals surface area contributed by atoms with Crippen molar-refractivity contribution in [2.24, 2.45) is 5.73 Å². The first-order chi connectivity index (χ1) is 9.04. The maximum absolute atomic E-state index is 11.9. The van der Waals surface area contributed by atoms with Crippen LogP contribution in [0.15, 0.2) is 12.3 Å². The largest absolute Gasteiger partial charge is 0.370 e. The number of carbonyl (C=O) groups excluding carboxylic acids is 2. The van der Waals surface area contributed by atoms with Crippen LogP contribution in [0, 0.1) is 0 Å². The summed E-state index contributed by atoms with van der Waals surface area (Å²) in [5.74, 6) is -0.0872. The molecule has 0 aliphatic carbocycles. The second-order valence-electron chi connectivity index (χ2n) is 3.91. The van der Waals surface area contributed by atoms with Crippen molar-refractivity contribution in [1.29, 1.82) is 0 Å². The first-order valence-corrected chi connectivity index (χ1v) is 6.38. The van der Waals surface area contributed by atoms with Crippen molar-refractivity contribution in [2.45, 2.75) is 19.8 Å². The summed E-state index contributed by atoms with van der Waals surface area (Å²) in [4.78, 5) is 26.5. The summed E-state index contributed by atoms with van der Waals surface area (Å²) in [6.45, 7) is 3.01. The van der Waals surface area contributed by atoms with E-state index in [1.54, 1.807) is 6.07 Å². The van der Waals surface area contributed by atoms with Crippen LogP contribution in [-0.4, -0.2) is 29.9 Å². The first kappa shape index (κ1) is 15.2. The minimum atomic E-state index is -0.384. The molecule has 6 nitrogen and oxygen atoms in total. The number of primary amides is 1. The van der Waals surface area contributed by atoms with Crippen molar-refractivity contribution in [3.05, 3.63) is 22.8 Å². The second kappa shape index (κ2) is 7.58. The Balaban J connectivity index is 2.60. The molecule has 1 heterocycles. The zero-order chi connectivity index (χ0) is 14.3. The Bertz CT molecular complexity index is 465. The summed E-state index contributed by atoms with van der Waals surface area (Å²) in [6.07, 6.45) is 2.18. The van der Waals surface area contributed by atoms with Gasteiger partial charge in [-0.25, -0.2) is 4.98 Å². The van der Waals surface area contributed by atoms with E-state index < -0.39 is 0 Å². The van der Waals surface area contributed by atoms with Crippen molar-refractivity contribution >= 4 is 29.2 Å². The molecule has 2 amide bonds. The third-order valence-electron chi connectivity index (χ3n) is 2.34. The standard InChI is InChI=1S/C12H17ClN4O2/c1-2-15-11-6-8(9(13)7-17-11)12(19)16-5-3-4-10(14)18/h6-7H,2-5H2,1H3,(H2,14,18)(H,15,17)(H,16,19). The average Bonchev–Trinajstić information content (AvgIpc) is 2.36. The molecule has 0 fully saturated rings. The molecule has 4 N–H and O–H groups in total. The third-order valence-corrected chi connectivity index (χ3v) is 2.64. The highest BCUT2D eigenvalue weighted by atomic mass is 35.5. The SMILES string of the molecule is CCNc1cc(C(=O)NCCCC(N)=O)c(Cl)cn1. The summed E-state index contributed by atoms with van der Waals surface area (Å²) >= 11 is 5.93. The fraction of sp³-hybridized carbons (Fsp3) is 0.417. The minimum Gasteiger partial charge on any atom is -0.370 e. The van der Waals surface area contributed by atoms with E-state index in [2.05, 4.69) is 15.6 Å². The van der Waals surface area contributed by atoms with E-state index in [0.717, 1.165) is 0 Å². The first-order valence-electron chi connectivity index (χ1n) is 6.00. The van der Waals surface area contributed by atoms with Crippen LogP contribution < -0.4 is 16.4 Å². The Morgan fingerprint density at radius 3 is 2.84 bits per heavy atom. The Kier molecular flexibility index (Phi) is 6.08. The monoisotopic (exact) mass is 284 g/mol. The number of hydrogen-bond donors (Lipinski definition) is 3. The molecule has 0 aliphatic rings. The predicted molar refractivity (Wildman–Crippen MR) is 74.2 cm³/mol. The number of hydrogen-bond acceptors (Lipinski definition) is 4. The quantitative estimate of drug-likeness (QED) is 0.655. The fourth-order valence-electron chi connectivity index (χ4n) is 1.45. The van der Waals surface area contributed by atoms with Crippen LogP contribution in [0.5, 0.6) is 0 Å². The molecule has 7 heteroatoms. The lowest BCUT2D eigenvalue weighted by Crippen LogP contribution is -2.26. The molecule has 0 aromatic carbocycles. The summed E-state index contributed by atoms with van der Waals surface area (Å²) in [5.41, 5.74) is 5.36. The highest BCUT2D eigenvalue weighted by molar-refractivity contribution is 6.33. The fourth-order valence-corrected chi connectivity index (χ4v) is 1.64. The molecule has 104 valence electrons. The molecule has 0 spiro atoms. The minimum absolute atomic E-state index is 0.243. The summed E-state index contributed by atoms with van der Waals surface area (Å²) in [7, 11) is 0. The number of pyridine rings is 1. The van der Waals surface area contributed by atoms with E-state index in [-0.39, 0.29) is 23.3 Å². The number of rotatable bonds is 7. The van der Waals surface area contributed by atoms with Gasteiger partial charge in [0.2, 0.25) is 5.91 Å². The number of halogens is 1. The highest BCUT2D eigenvalue weighted by Gasteiger charge is 2.11. The highest BCUT2D eigenvalue weighted by Crippen LogP contribution is 2.17. The van der Waals surface area contributed by atoms with Gasteiger partial charge < -0.3 is 16.4 Å². The van der Waals surface area contributed by atoms with E-state index in [0.29, 0.717) is 30.9 Å². The summed E-state index contributed by atoms with van der Waals surface area (Å²) in [5, 5.41) is 5.97. The molecule has 1 aromatic rings. The van der Waals surface area contributed by atoms with Gasteiger partial charge in [-0.15, -0.1) is 0 Å². The Morgan fingerprint density at radius 2 is 2.21 bits per heavy atom. The number of amides is 2. The smallest absolute Gasteiger partial charge is 0.252 e. The normalized spacial score (nSPS) is 10.0. The van der Waals surface area contributed by atoms with Gasteiger partial charge in [-0.05, 0) is 19.4 Å². The van der Waals surface area contributed by atoms with Crippen LogP contribution in [0.4, 0.5) is 5.82 Å². The lowest BCUT2D eigenvalue weighted by molar-refractivity contribution is -0.118. The Hall–Kier alpha value is -1.82. The average molecular weight is 285 g/mol. The Labute approximate surface area is 116 Å². The maximum atomic E-state index is 11.9. The van der Waals surface area contributed by atoms with E-state index in [1.165, 1.54) is 6.20 Å². The Morgan fingerprint density at radius 1 is 1.47 bits per heavy atom. The van der Waals surface area contributed by atoms with Gasteiger partial charge in [-0.2, -0.15) is 0 Å². The van der Waals surface area contributed by atoms with Gasteiger partial charge in [-0.3, -0.25) is 9.59 Å². The van der Waals surface area contributed by atoms with Gasteiger partial charge in [0, 0.05) is 25.7 Å². The number of nitrogens with two attached hydrogens (primary N) is 1. The molecule has 0 aliphatic heterocycles.